The average molecular weight is 299 g/mol. The van der Waals surface area contributed by atoms with Crippen LogP contribution >= 0.6 is 15.9 Å². The summed E-state index contributed by atoms with van der Waals surface area (Å²) in [5, 5.41) is 0. The maximum Gasteiger partial charge on any atom is 0.256 e. The first-order valence-corrected chi connectivity index (χ1v) is 6.40. The second-order valence-corrected chi connectivity index (χ2v) is 4.91. The van der Waals surface area contributed by atoms with Gasteiger partial charge in [-0.2, -0.15) is 0 Å². The molecule has 17 heavy (non-hydrogen) atoms. The van der Waals surface area contributed by atoms with Crippen LogP contribution < -0.4 is 5.73 Å². The number of nitrogens with two attached hydrogens (primary N) is 1. The Balaban J connectivity index is 2.17. The van der Waals surface area contributed by atoms with E-state index < -0.39 is 0 Å². The number of amides is 1. The number of hydrogen-bond donors (Lipinski definition) is 1. The maximum atomic E-state index is 12.3. The molecule has 1 aliphatic rings. The summed E-state index contributed by atoms with van der Waals surface area (Å²) < 4.78 is 6.21. The quantitative estimate of drug-likeness (QED) is 0.806. The summed E-state index contributed by atoms with van der Waals surface area (Å²) >= 11 is 3.33. The van der Waals surface area contributed by atoms with Crippen molar-refractivity contribution in [1.82, 2.24) is 4.90 Å². The molecule has 2 N–H and O–H groups in total. The fourth-order valence-corrected chi connectivity index (χ4v) is 2.23. The van der Waals surface area contributed by atoms with Gasteiger partial charge in [-0.1, -0.05) is 15.9 Å². The van der Waals surface area contributed by atoms with Gasteiger partial charge >= 0.3 is 0 Å². The van der Waals surface area contributed by atoms with Crippen molar-refractivity contribution in [2.24, 2.45) is 0 Å². The van der Waals surface area contributed by atoms with Gasteiger partial charge in [-0.15, -0.1) is 0 Å². The Bertz CT molecular complexity index is 415. The van der Waals surface area contributed by atoms with Crippen LogP contribution in [0.4, 0.5) is 5.69 Å². The zero-order chi connectivity index (χ0) is 12.3. The van der Waals surface area contributed by atoms with Crippen molar-refractivity contribution < 1.29 is 9.53 Å². The third-order valence-corrected chi connectivity index (χ3v) is 3.25. The third kappa shape index (κ3) is 2.98. The van der Waals surface area contributed by atoms with Crippen LogP contribution in [0, 0.1) is 0 Å². The van der Waals surface area contributed by atoms with E-state index in [4.69, 9.17) is 10.5 Å². The van der Waals surface area contributed by atoms with Gasteiger partial charge < -0.3 is 15.4 Å². The van der Waals surface area contributed by atoms with Gasteiger partial charge in [0.1, 0.15) is 0 Å². The maximum absolute atomic E-state index is 12.3. The summed E-state index contributed by atoms with van der Waals surface area (Å²) in [6.45, 7) is 2.68. The number of rotatable bonds is 1. The smallest absolute Gasteiger partial charge is 0.256 e. The topological polar surface area (TPSA) is 55.6 Å². The van der Waals surface area contributed by atoms with Crippen molar-refractivity contribution in [3.63, 3.8) is 0 Å². The average Bonchev–Trinajstić information content (AvgIpc) is 2.56. The van der Waals surface area contributed by atoms with Crippen LogP contribution in [0.3, 0.4) is 0 Å². The number of carbonyl (C=O) groups excluding carboxylic acids is 1. The minimum Gasteiger partial charge on any atom is -0.398 e. The molecule has 0 atom stereocenters. The van der Waals surface area contributed by atoms with Crippen molar-refractivity contribution in [3.05, 3.63) is 28.2 Å². The lowest BCUT2D eigenvalue weighted by atomic mass is 10.1. The van der Waals surface area contributed by atoms with Crippen molar-refractivity contribution in [2.75, 3.05) is 32.0 Å². The van der Waals surface area contributed by atoms with Crippen LogP contribution in [0.1, 0.15) is 16.8 Å². The monoisotopic (exact) mass is 298 g/mol. The number of nitrogen functional groups attached to an aromatic ring is 1. The molecule has 1 fully saturated rings. The molecule has 4 nitrogen and oxygen atoms in total. The fraction of sp³-hybridized carbons (Fsp3) is 0.417. The highest BCUT2D eigenvalue weighted by atomic mass is 79.9. The lowest BCUT2D eigenvalue weighted by molar-refractivity contribution is 0.0742. The summed E-state index contributed by atoms with van der Waals surface area (Å²) in [6.07, 6.45) is 0.877. The number of nitrogens with zero attached hydrogens (tertiary/aromatic N) is 1. The van der Waals surface area contributed by atoms with Gasteiger partial charge in [0.25, 0.3) is 5.91 Å². The van der Waals surface area contributed by atoms with Gasteiger partial charge in [-0.05, 0) is 24.6 Å². The normalized spacial score (nSPS) is 16.6. The molecule has 1 heterocycles. The van der Waals surface area contributed by atoms with Crippen LogP contribution in [0.5, 0.6) is 0 Å². The van der Waals surface area contributed by atoms with Crippen LogP contribution in [0.2, 0.25) is 0 Å². The molecule has 0 unspecified atom stereocenters. The Kier molecular flexibility index (Phi) is 4.02. The van der Waals surface area contributed by atoms with Crippen molar-refractivity contribution in [2.45, 2.75) is 6.42 Å². The Labute approximate surface area is 109 Å². The molecule has 1 amide bonds. The van der Waals surface area contributed by atoms with Crippen LogP contribution in [0.15, 0.2) is 22.7 Å². The fourth-order valence-electron chi connectivity index (χ4n) is 1.85. The summed E-state index contributed by atoms with van der Waals surface area (Å²) in [6, 6.07) is 5.34. The van der Waals surface area contributed by atoms with Gasteiger partial charge in [-0.3, -0.25) is 4.79 Å². The molecule has 0 radical (unpaired) electrons. The van der Waals surface area contributed by atoms with Gasteiger partial charge in [0.05, 0.1) is 12.2 Å². The highest BCUT2D eigenvalue weighted by Gasteiger charge is 2.19. The molecule has 0 saturated carbocycles. The summed E-state index contributed by atoms with van der Waals surface area (Å²) in [5.41, 5.74) is 6.93. The van der Waals surface area contributed by atoms with E-state index in [1.54, 1.807) is 17.0 Å². The number of hydrogen-bond acceptors (Lipinski definition) is 3. The first kappa shape index (κ1) is 12.4. The van der Waals surface area contributed by atoms with Crippen LogP contribution in [-0.4, -0.2) is 37.1 Å². The molecule has 1 aliphatic heterocycles. The molecule has 1 saturated heterocycles. The Morgan fingerprint density at radius 3 is 2.94 bits per heavy atom. The second-order valence-electron chi connectivity index (χ2n) is 3.99. The van der Waals surface area contributed by atoms with Crippen molar-refractivity contribution in [1.29, 1.82) is 0 Å². The van der Waals surface area contributed by atoms with E-state index in [1.165, 1.54) is 0 Å². The summed E-state index contributed by atoms with van der Waals surface area (Å²) in [7, 11) is 0. The highest BCUT2D eigenvalue weighted by Crippen LogP contribution is 2.20. The minimum absolute atomic E-state index is 0.0134. The van der Waals surface area contributed by atoms with Crippen molar-refractivity contribution >= 4 is 27.5 Å². The molecule has 1 aromatic rings. The second kappa shape index (κ2) is 5.51. The zero-order valence-corrected chi connectivity index (χ0v) is 11.1. The van der Waals surface area contributed by atoms with E-state index in [9.17, 15) is 4.79 Å². The predicted octanol–water partition coefficient (Wildman–Crippen LogP) is 1.89. The molecule has 1 aromatic carbocycles. The molecular weight excluding hydrogens is 284 g/mol. The first-order valence-electron chi connectivity index (χ1n) is 5.60. The zero-order valence-electron chi connectivity index (χ0n) is 9.49. The predicted molar refractivity (Wildman–Crippen MR) is 69.9 cm³/mol. The lowest BCUT2D eigenvalue weighted by Crippen LogP contribution is -2.33. The first-order chi connectivity index (χ1) is 8.18. The van der Waals surface area contributed by atoms with Gasteiger partial charge in [0.15, 0.2) is 0 Å². The molecule has 2 rings (SSSR count). The molecule has 5 heteroatoms. The van der Waals surface area contributed by atoms with Gasteiger partial charge in [-0.25, -0.2) is 0 Å². The molecule has 0 aliphatic carbocycles. The minimum atomic E-state index is -0.0134. The Hall–Kier alpha value is -1.07. The molecular formula is C12H15BrN2O2. The third-order valence-electron chi connectivity index (χ3n) is 2.75. The molecule has 92 valence electrons. The number of ether oxygens (including phenoxy) is 1. The lowest BCUT2D eigenvalue weighted by Gasteiger charge is -2.20. The summed E-state index contributed by atoms with van der Waals surface area (Å²) in [4.78, 5) is 14.1. The van der Waals surface area contributed by atoms with Gasteiger partial charge in [0, 0.05) is 29.9 Å². The molecule has 0 aromatic heterocycles. The SMILES string of the molecule is Nc1cc(Br)ccc1C(=O)N1CCCOCC1. The number of anilines is 1. The number of benzene rings is 1. The molecule has 0 spiro atoms. The molecule has 0 bridgehead atoms. The van der Waals surface area contributed by atoms with Crippen molar-refractivity contribution in [3.8, 4) is 0 Å². The van der Waals surface area contributed by atoms with E-state index in [0.29, 0.717) is 24.4 Å². The highest BCUT2D eigenvalue weighted by molar-refractivity contribution is 9.10. The van der Waals surface area contributed by atoms with Crippen LogP contribution in [0.25, 0.3) is 0 Å². The largest absolute Gasteiger partial charge is 0.398 e. The Morgan fingerprint density at radius 2 is 2.18 bits per heavy atom. The van der Waals surface area contributed by atoms with E-state index >= 15 is 0 Å². The van der Waals surface area contributed by atoms with Gasteiger partial charge in [0.2, 0.25) is 0 Å². The standard InChI is InChI=1S/C12H15BrN2O2/c13-9-2-3-10(11(14)8-9)12(16)15-4-1-6-17-7-5-15/h2-3,8H,1,4-7,14H2. The van der Waals surface area contributed by atoms with E-state index in [2.05, 4.69) is 15.9 Å². The van der Waals surface area contributed by atoms with E-state index in [1.807, 2.05) is 6.07 Å². The number of halogens is 1. The number of carbonyl (C=O) groups is 1. The summed E-state index contributed by atoms with van der Waals surface area (Å²) in [5.74, 6) is -0.0134. The Morgan fingerprint density at radius 1 is 1.35 bits per heavy atom. The van der Waals surface area contributed by atoms with E-state index in [0.717, 1.165) is 24.0 Å². The van der Waals surface area contributed by atoms with Crippen LogP contribution in [-0.2, 0) is 4.74 Å². The van der Waals surface area contributed by atoms with E-state index in [-0.39, 0.29) is 5.91 Å².